The molecular formula is C13H12F6O2. The van der Waals surface area contributed by atoms with Crippen LogP contribution in [0.1, 0.15) is 12.8 Å². The molecule has 2 atom stereocenters. The average molecular weight is 314 g/mol. The molecule has 0 heterocycles. The van der Waals surface area contributed by atoms with Crippen molar-refractivity contribution in [2.75, 3.05) is 6.61 Å². The van der Waals surface area contributed by atoms with Gasteiger partial charge in [-0.05, 0) is 12.3 Å². The Morgan fingerprint density at radius 2 is 1.95 bits per heavy atom. The lowest BCUT2D eigenvalue weighted by atomic mass is 10.0. The first kappa shape index (κ1) is 15.9. The van der Waals surface area contributed by atoms with E-state index in [0.29, 0.717) is 6.42 Å². The molecule has 2 nitrogen and oxygen atoms in total. The lowest BCUT2D eigenvalue weighted by Crippen LogP contribution is -2.38. The molecular weight excluding hydrogens is 302 g/mol. The molecule has 2 aliphatic carbocycles. The van der Waals surface area contributed by atoms with Crippen LogP contribution in [0, 0.1) is 11.8 Å². The van der Waals surface area contributed by atoms with Crippen LogP contribution in [0.3, 0.4) is 0 Å². The van der Waals surface area contributed by atoms with Gasteiger partial charge in [-0.2, -0.15) is 0 Å². The van der Waals surface area contributed by atoms with Crippen LogP contribution < -0.4 is 0 Å². The molecule has 0 aliphatic heterocycles. The van der Waals surface area contributed by atoms with Gasteiger partial charge in [-0.25, -0.2) is 31.1 Å². The van der Waals surface area contributed by atoms with Crippen molar-refractivity contribution in [2.24, 2.45) is 11.8 Å². The Morgan fingerprint density at radius 1 is 1.29 bits per heavy atom. The lowest BCUT2D eigenvalue weighted by Gasteiger charge is -2.22. The summed E-state index contributed by atoms with van der Waals surface area (Å²) < 4.78 is 79.6. The highest BCUT2D eigenvalue weighted by Crippen LogP contribution is 2.39. The molecule has 0 aromatic heterocycles. The predicted octanol–water partition coefficient (Wildman–Crippen LogP) is 3.59. The second kappa shape index (κ2) is 5.38. The summed E-state index contributed by atoms with van der Waals surface area (Å²) in [5, 5.41) is 0. The second-order valence-corrected chi connectivity index (χ2v) is 5.18. The van der Waals surface area contributed by atoms with Gasteiger partial charge in [0.15, 0.2) is 6.61 Å². The Hall–Kier alpha value is -1.47. The van der Waals surface area contributed by atoms with E-state index < -0.39 is 37.3 Å². The van der Waals surface area contributed by atoms with Crippen LogP contribution >= 0.6 is 0 Å². The van der Waals surface area contributed by atoms with E-state index in [9.17, 15) is 31.1 Å². The molecule has 2 bridgehead atoms. The van der Waals surface area contributed by atoms with Gasteiger partial charge in [0, 0.05) is 11.5 Å². The third-order valence-electron chi connectivity index (χ3n) is 3.37. The summed E-state index contributed by atoms with van der Waals surface area (Å²) in [7, 11) is 0. The number of halogens is 6. The van der Waals surface area contributed by atoms with Crippen LogP contribution in [0.2, 0.25) is 0 Å². The number of esters is 1. The van der Waals surface area contributed by atoms with Crippen molar-refractivity contribution in [3.05, 3.63) is 23.8 Å². The van der Waals surface area contributed by atoms with Crippen LogP contribution in [0.25, 0.3) is 0 Å². The number of hydrogen-bond donors (Lipinski definition) is 0. The van der Waals surface area contributed by atoms with Crippen LogP contribution in [0.15, 0.2) is 23.8 Å². The Morgan fingerprint density at radius 3 is 2.43 bits per heavy atom. The van der Waals surface area contributed by atoms with Gasteiger partial charge in [0.1, 0.15) is 0 Å². The first-order valence-electron chi connectivity index (χ1n) is 6.22. The van der Waals surface area contributed by atoms with Gasteiger partial charge in [-0.3, -0.25) is 0 Å². The third kappa shape index (κ3) is 3.59. The third-order valence-corrected chi connectivity index (χ3v) is 3.37. The zero-order valence-electron chi connectivity index (χ0n) is 10.7. The van der Waals surface area contributed by atoms with Gasteiger partial charge >= 0.3 is 18.3 Å². The zero-order chi connectivity index (χ0) is 15.8. The molecule has 2 unspecified atom stereocenters. The van der Waals surface area contributed by atoms with Crippen LogP contribution in [0.4, 0.5) is 26.3 Å². The minimum absolute atomic E-state index is 0.0567. The molecule has 0 saturated heterocycles. The second-order valence-electron chi connectivity index (χ2n) is 5.18. The van der Waals surface area contributed by atoms with Crippen LogP contribution in [0.5, 0.6) is 0 Å². The summed E-state index contributed by atoms with van der Waals surface area (Å²) in [4.78, 5) is 11.6. The minimum atomic E-state index is -4.83. The van der Waals surface area contributed by atoms with E-state index in [2.05, 4.69) is 4.74 Å². The molecule has 0 spiro atoms. The fourth-order valence-corrected chi connectivity index (χ4v) is 2.38. The molecule has 21 heavy (non-hydrogen) atoms. The fourth-order valence-electron chi connectivity index (χ4n) is 2.38. The summed E-state index contributed by atoms with van der Waals surface area (Å²) in [5.41, 5.74) is 0.207. The van der Waals surface area contributed by atoms with Gasteiger partial charge in [0.05, 0.1) is 6.42 Å². The molecule has 0 radical (unpaired) electrons. The van der Waals surface area contributed by atoms with Crippen LogP contribution in [-0.4, -0.2) is 30.8 Å². The molecule has 118 valence electrons. The SMILES string of the molecule is O=C(OCC(F)(F)CC(F)(F)C(F)F)C1=CC2C=CC1C2. The van der Waals surface area contributed by atoms with Gasteiger partial charge in [-0.1, -0.05) is 18.2 Å². The number of ether oxygens (including phenoxy) is 1. The number of alkyl halides is 6. The van der Waals surface area contributed by atoms with E-state index in [4.69, 9.17) is 0 Å². The molecule has 0 N–H and O–H groups in total. The largest absolute Gasteiger partial charge is 0.456 e. The van der Waals surface area contributed by atoms with Gasteiger partial charge in [0.2, 0.25) is 0 Å². The Labute approximate surface area is 116 Å². The normalized spacial score (nSPS) is 24.6. The monoisotopic (exact) mass is 314 g/mol. The Balaban J connectivity index is 1.87. The van der Waals surface area contributed by atoms with Crippen molar-refractivity contribution in [3.63, 3.8) is 0 Å². The molecule has 0 amide bonds. The predicted molar refractivity (Wildman–Crippen MR) is 60.3 cm³/mol. The van der Waals surface area contributed by atoms with E-state index >= 15 is 0 Å². The summed E-state index contributed by atoms with van der Waals surface area (Å²) >= 11 is 0. The van der Waals surface area contributed by atoms with Crippen molar-refractivity contribution in [2.45, 2.75) is 31.1 Å². The van der Waals surface area contributed by atoms with E-state index in [0.717, 1.165) is 0 Å². The first-order chi connectivity index (χ1) is 9.61. The molecule has 2 rings (SSSR count). The average Bonchev–Trinajstić information content (AvgIpc) is 2.96. The van der Waals surface area contributed by atoms with Crippen molar-refractivity contribution < 1.29 is 35.9 Å². The zero-order valence-corrected chi connectivity index (χ0v) is 10.7. The number of allylic oxidation sites excluding steroid dienone is 3. The maximum atomic E-state index is 13.2. The highest BCUT2D eigenvalue weighted by molar-refractivity contribution is 5.90. The molecule has 0 aromatic rings. The van der Waals surface area contributed by atoms with Crippen molar-refractivity contribution >= 4 is 5.97 Å². The standard InChI is InChI=1S/C13H12F6O2/c14-11(15)13(18,19)5-12(16,17)6-21-10(20)9-4-7-1-2-8(9)3-7/h1-2,4,7-8,11H,3,5-6H2. The summed E-state index contributed by atoms with van der Waals surface area (Å²) in [5.74, 6) is -10.2. The molecule has 0 fully saturated rings. The van der Waals surface area contributed by atoms with Gasteiger partial charge in [-0.15, -0.1) is 0 Å². The maximum absolute atomic E-state index is 13.2. The number of carbonyl (C=O) groups excluding carboxylic acids is 1. The van der Waals surface area contributed by atoms with Crippen molar-refractivity contribution in [3.8, 4) is 0 Å². The smallest absolute Gasteiger partial charge is 0.334 e. The van der Waals surface area contributed by atoms with Crippen molar-refractivity contribution in [1.29, 1.82) is 0 Å². The summed E-state index contributed by atoms with van der Waals surface area (Å²) in [6, 6.07) is 0. The summed E-state index contributed by atoms with van der Waals surface area (Å²) in [6.45, 7) is -1.65. The lowest BCUT2D eigenvalue weighted by molar-refractivity contribution is -0.194. The molecule has 0 aromatic carbocycles. The minimum Gasteiger partial charge on any atom is -0.456 e. The van der Waals surface area contributed by atoms with Gasteiger partial charge < -0.3 is 4.74 Å². The van der Waals surface area contributed by atoms with E-state index in [1.807, 2.05) is 6.08 Å². The summed E-state index contributed by atoms with van der Waals surface area (Å²) in [6.07, 6.45) is -0.736. The number of rotatable bonds is 6. The quantitative estimate of drug-likeness (QED) is 0.425. The van der Waals surface area contributed by atoms with E-state index in [-0.39, 0.29) is 17.4 Å². The number of carbonyl (C=O) groups is 1. The van der Waals surface area contributed by atoms with E-state index in [1.165, 1.54) is 0 Å². The molecule has 0 saturated carbocycles. The highest BCUT2D eigenvalue weighted by atomic mass is 19.3. The number of hydrogen-bond acceptors (Lipinski definition) is 2. The fraction of sp³-hybridized carbons (Fsp3) is 0.615. The molecule has 8 heteroatoms. The maximum Gasteiger partial charge on any atom is 0.334 e. The Kier molecular flexibility index (Phi) is 4.08. The van der Waals surface area contributed by atoms with Crippen LogP contribution in [-0.2, 0) is 9.53 Å². The topological polar surface area (TPSA) is 26.3 Å². The van der Waals surface area contributed by atoms with Crippen molar-refractivity contribution in [1.82, 2.24) is 0 Å². The van der Waals surface area contributed by atoms with E-state index in [1.54, 1.807) is 12.2 Å². The molecule has 2 aliphatic rings. The Bertz CT molecular complexity index is 483. The highest BCUT2D eigenvalue weighted by Gasteiger charge is 2.50. The number of fused-ring (bicyclic) bond motifs is 2. The first-order valence-corrected chi connectivity index (χ1v) is 6.22. The van der Waals surface area contributed by atoms with Gasteiger partial charge in [0.25, 0.3) is 5.92 Å².